The van der Waals surface area contributed by atoms with Crippen LogP contribution in [0.15, 0.2) is 12.1 Å². The number of hydrogen-bond acceptors (Lipinski definition) is 7. The predicted octanol–water partition coefficient (Wildman–Crippen LogP) is 0.344. The average Bonchev–Trinajstić information content (AvgIpc) is 3.02. The number of aliphatic hydroxyl groups excluding tert-OH is 1. The second-order valence-electron chi connectivity index (χ2n) is 6.78. The Kier molecular flexibility index (Phi) is 4.98. The van der Waals surface area contributed by atoms with Crippen molar-refractivity contribution in [2.24, 2.45) is 0 Å². The van der Waals surface area contributed by atoms with Crippen molar-refractivity contribution >= 4 is 0 Å². The molecule has 0 aliphatic carbocycles. The summed E-state index contributed by atoms with van der Waals surface area (Å²) in [7, 11) is 1.67. The molecule has 3 heterocycles. The molecule has 0 unspecified atom stereocenters. The van der Waals surface area contributed by atoms with Gasteiger partial charge in [0.1, 0.15) is 19.0 Å². The summed E-state index contributed by atoms with van der Waals surface area (Å²) in [4.78, 5) is 4.62. The molecule has 7 heteroatoms. The van der Waals surface area contributed by atoms with Crippen LogP contribution in [-0.2, 0) is 11.3 Å². The molecule has 0 amide bonds. The van der Waals surface area contributed by atoms with Crippen molar-refractivity contribution in [1.82, 2.24) is 9.80 Å². The number of likely N-dealkylation sites (tertiary alicyclic amines) is 1. The number of fused-ring (bicyclic) bond motifs is 1. The van der Waals surface area contributed by atoms with Gasteiger partial charge >= 0.3 is 0 Å². The molecule has 3 aliphatic rings. The van der Waals surface area contributed by atoms with Crippen LogP contribution in [0.5, 0.6) is 17.2 Å². The number of hydrogen-bond donors (Lipinski definition) is 1. The third-order valence-electron chi connectivity index (χ3n) is 5.19. The van der Waals surface area contributed by atoms with Crippen LogP contribution < -0.4 is 14.2 Å². The molecule has 0 radical (unpaired) electrons. The summed E-state index contributed by atoms with van der Waals surface area (Å²) in [5.74, 6) is 2.31. The number of rotatable bonds is 4. The van der Waals surface area contributed by atoms with E-state index in [-0.39, 0.29) is 12.1 Å². The van der Waals surface area contributed by atoms with Crippen LogP contribution in [0.1, 0.15) is 5.56 Å². The second-order valence-corrected chi connectivity index (χ2v) is 6.78. The molecule has 138 valence electrons. The van der Waals surface area contributed by atoms with Crippen LogP contribution in [0.4, 0.5) is 0 Å². The Balaban J connectivity index is 1.47. The predicted molar refractivity (Wildman–Crippen MR) is 91.4 cm³/mol. The van der Waals surface area contributed by atoms with Crippen molar-refractivity contribution < 1.29 is 24.1 Å². The minimum absolute atomic E-state index is 0.173. The number of ether oxygens (including phenoxy) is 4. The number of morpholine rings is 1. The summed E-state index contributed by atoms with van der Waals surface area (Å²) in [5, 5.41) is 10.5. The van der Waals surface area contributed by atoms with Gasteiger partial charge in [-0.2, -0.15) is 0 Å². The van der Waals surface area contributed by atoms with Crippen LogP contribution in [0.25, 0.3) is 0 Å². The van der Waals surface area contributed by atoms with E-state index in [0.717, 1.165) is 62.2 Å². The van der Waals surface area contributed by atoms with Gasteiger partial charge in [-0.15, -0.1) is 0 Å². The van der Waals surface area contributed by atoms with Crippen molar-refractivity contribution in [3.05, 3.63) is 17.7 Å². The Morgan fingerprint density at radius 3 is 2.52 bits per heavy atom. The lowest BCUT2D eigenvalue weighted by Gasteiger charge is -2.33. The Morgan fingerprint density at radius 1 is 1.08 bits per heavy atom. The molecule has 2 saturated heterocycles. The highest BCUT2D eigenvalue weighted by molar-refractivity contribution is 5.51. The molecule has 1 aromatic rings. The first kappa shape index (κ1) is 16.9. The van der Waals surface area contributed by atoms with Gasteiger partial charge in [0, 0.05) is 50.4 Å². The average molecular weight is 350 g/mol. The van der Waals surface area contributed by atoms with Gasteiger partial charge in [-0.1, -0.05) is 0 Å². The first-order chi connectivity index (χ1) is 12.2. The SMILES string of the molecule is COc1cc2c(cc1CN1C[C@H](O)[C@@H](N3CCOCC3)C1)OCCO2. The number of β-amino-alcohol motifs (C(OH)–C–C–N with tert-alkyl or cyclic N) is 1. The van der Waals surface area contributed by atoms with Crippen LogP contribution in [0.3, 0.4) is 0 Å². The monoisotopic (exact) mass is 350 g/mol. The fourth-order valence-corrected chi connectivity index (χ4v) is 3.91. The van der Waals surface area contributed by atoms with E-state index in [9.17, 15) is 5.11 Å². The summed E-state index contributed by atoms with van der Waals surface area (Å²) in [5.41, 5.74) is 1.06. The van der Waals surface area contributed by atoms with E-state index in [1.807, 2.05) is 12.1 Å². The lowest BCUT2D eigenvalue weighted by Crippen LogP contribution is -2.48. The maximum Gasteiger partial charge on any atom is 0.165 e. The van der Waals surface area contributed by atoms with E-state index in [0.29, 0.717) is 19.8 Å². The molecule has 2 fully saturated rings. The van der Waals surface area contributed by atoms with Crippen molar-refractivity contribution in [1.29, 1.82) is 0 Å². The first-order valence-corrected chi connectivity index (χ1v) is 8.93. The summed E-state index contributed by atoms with van der Waals surface area (Å²) in [6, 6.07) is 4.07. The van der Waals surface area contributed by atoms with Crippen molar-refractivity contribution in [3.8, 4) is 17.2 Å². The van der Waals surface area contributed by atoms with Crippen molar-refractivity contribution in [2.45, 2.75) is 18.7 Å². The van der Waals surface area contributed by atoms with Gasteiger partial charge in [-0.25, -0.2) is 0 Å². The maximum absolute atomic E-state index is 10.5. The Labute approximate surface area is 148 Å². The molecular weight excluding hydrogens is 324 g/mol. The quantitative estimate of drug-likeness (QED) is 0.840. The van der Waals surface area contributed by atoms with E-state index in [1.54, 1.807) is 7.11 Å². The molecule has 3 aliphatic heterocycles. The molecule has 7 nitrogen and oxygen atoms in total. The van der Waals surface area contributed by atoms with E-state index < -0.39 is 0 Å². The topological polar surface area (TPSA) is 63.6 Å². The number of aliphatic hydroxyl groups is 1. The Bertz CT molecular complexity index is 605. The van der Waals surface area contributed by atoms with Gasteiger partial charge < -0.3 is 24.1 Å². The van der Waals surface area contributed by atoms with Crippen LogP contribution in [0.2, 0.25) is 0 Å². The van der Waals surface area contributed by atoms with Gasteiger partial charge in [-0.3, -0.25) is 9.80 Å². The third-order valence-corrected chi connectivity index (χ3v) is 5.19. The molecule has 2 atom stereocenters. The summed E-state index contributed by atoms with van der Waals surface area (Å²) < 4.78 is 22.3. The molecule has 1 aromatic carbocycles. The fourth-order valence-electron chi connectivity index (χ4n) is 3.91. The highest BCUT2D eigenvalue weighted by Crippen LogP contribution is 2.37. The van der Waals surface area contributed by atoms with E-state index in [4.69, 9.17) is 18.9 Å². The van der Waals surface area contributed by atoms with Gasteiger partial charge in [0.25, 0.3) is 0 Å². The second kappa shape index (κ2) is 7.37. The Morgan fingerprint density at radius 2 is 1.80 bits per heavy atom. The molecule has 4 rings (SSSR count). The number of methoxy groups -OCH3 is 1. The molecule has 25 heavy (non-hydrogen) atoms. The zero-order chi connectivity index (χ0) is 17.2. The fraction of sp³-hybridized carbons (Fsp3) is 0.667. The molecule has 0 saturated carbocycles. The summed E-state index contributed by atoms with van der Waals surface area (Å²) in [6.45, 7) is 6.65. The normalized spacial score (nSPS) is 27.4. The minimum Gasteiger partial charge on any atom is -0.496 e. The lowest BCUT2D eigenvalue weighted by atomic mass is 10.1. The highest BCUT2D eigenvalue weighted by Gasteiger charge is 2.36. The minimum atomic E-state index is -0.332. The molecule has 0 spiro atoms. The third kappa shape index (κ3) is 3.55. The lowest BCUT2D eigenvalue weighted by molar-refractivity contribution is -0.00618. The van der Waals surface area contributed by atoms with Crippen molar-refractivity contribution in [3.63, 3.8) is 0 Å². The van der Waals surface area contributed by atoms with Crippen LogP contribution in [0, 0.1) is 0 Å². The highest BCUT2D eigenvalue weighted by atomic mass is 16.6. The van der Waals surface area contributed by atoms with Crippen molar-refractivity contribution in [2.75, 3.05) is 59.7 Å². The van der Waals surface area contributed by atoms with Gasteiger partial charge in [0.15, 0.2) is 11.5 Å². The first-order valence-electron chi connectivity index (χ1n) is 8.93. The van der Waals surface area contributed by atoms with E-state index in [2.05, 4.69) is 9.80 Å². The summed E-state index contributed by atoms with van der Waals surface area (Å²) >= 11 is 0. The molecule has 1 N–H and O–H groups in total. The summed E-state index contributed by atoms with van der Waals surface area (Å²) in [6.07, 6.45) is -0.332. The standard InChI is InChI=1S/C18H26N2O5/c1-22-16-9-18-17(24-6-7-25-18)8-13(16)10-19-11-14(15(21)12-19)20-2-4-23-5-3-20/h8-9,14-15,21H,2-7,10-12H2,1H3/t14-,15-/m0/s1. The van der Waals surface area contributed by atoms with E-state index in [1.165, 1.54) is 0 Å². The van der Waals surface area contributed by atoms with Gasteiger partial charge in [-0.05, 0) is 6.07 Å². The largest absolute Gasteiger partial charge is 0.496 e. The van der Waals surface area contributed by atoms with Crippen LogP contribution >= 0.6 is 0 Å². The maximum atomic E-state index is 10.5. The van der Waals surface area contributed by atoms with Gasteiger partial charge in [0.2, 0.25) is 0 Å². The number of benzene rings is 1. The van der Waals surface area contributed by atoms with Gasteiger partial charge in [0.05, 0.1) is 26.4 Å². The van der Waals surface area contributed by atoms with Crippen LogP contribution in [-0.4, -0.2) is 86.8 Å². The molecular formula is C18H26N2O5. The number of nitrogens with zero attached hydrogens (tertiary/aromatic N) is 2. The molecule has 0 bridgehead atoms. The Hall–Kier alpha value is -1.54. The zero-order valence-corrected chi connectivity index (χ0v) is 14.6. The molecule has 0 aromatic heterocycles. The van der Waals surface area contributed by atoms with E-state index >= 15 is 0 Å². The zero-order valence-electron chi connectivity index (χ0n) is 14.6. The smallest absolute Gasteiger partial charge is 0.165 e.